The van der Waals surface area contributed by atoms with Crippen molar-refractivity contribution in [2.45, 2.75) is 6.92 Å². The second-order valence-corrected chi connectivity index (χ2v) is 7.54. The van der Waals surface area contributed by atoms with Gasteiger partial charge < -0.3 is 9.47 Å². The Bertz CT molecular complexity index is 1260. The molecule has 2 heterocycles. The second-order valence-electron chi connectivity index (χ2n) is 6.33. The lowest BCUT2D eigenvalue weighted by molar-refractivity contribution is 0.355. The van der Waals surface area contributed by atoms with E-state index in [1.54, 1.807) is 32.6 Å². The van der Waals surface area contributed by atoms with Crippen molar-refractivity contribution in [3.8, 4) is 22.6 Å². The molecule has 0 fully saturated rings. The Hall–Kier alpha value is -3.45. The molecule has 0 bridgehead atoms. The van der Waals surface area contributed by atoms with Crippen LogP contribution >= 0.6 is 11.3 Å². The van der Waals surface area contributed by atoms with Gasteiger partial charge >= 0.3 is 0 Å². The van der Waals surface area contributed by atoms with Crippen molar-refractivity contribution < 1.29 is 9.47 Å². The monoisotopic (exact) mass is 405 g/mol. The van der Waals surface area contributed by atoms with Gasteiger partial charge in [-0.3, -0.25) is 4.79 Å². The fourth-order valence-electron chi connectivity index (χ4n) is 3.19. The van der Waals surface area contributed by atoms with Gasteiger partial charge in [0.1, 0.15) is 11.2 Å². The molecule has 0 radical (unpaired) electrons. The topological polar surface area (TPSA) is 65.7 Å². The molecule has 0 atom stereocenters. The van der Waals surface area contributed by atoms with Gasteiger partial charge in [0.25, 0.3) is 5.56 Å². The van der Waals surface area contributed by atoms with Crippen molar-refractivity contribution in [1.29, 1.82) is 0 Å². The maximum atomic E-state index is 13.2. The molecule has 4 aromatic rings. The average Bonchev–Trinajstić information content (AvgIpc) is 3.10. The summed E-state index contributed by atoms with van der Waals surface area (Å²) in [7, 11) is 3.16. The summed E-state index contributed by atoms with van der Waals surface area (Å²) in [6, 6.07) is 15.3. The number of rotatable bonds is 5. The van der Waals surface area contributed by atoms with Gasteiger partial charge in [-0.1, -0.05) is 30.3 Å². The molecule has 0 amide bonds. The molecule has 0 saturated heterocycles. The van der Waals surface area contributed by atoms with Crippen LogP contribution in [0.2, 0.25) is 0 Å². The van der Waals surface area contributed by atoms with E-state index in [1.807, 2.05) is 43.3 Å². The zero-order chi connectivity index (χ0) is 20.4. The first-order valence-corrected chi connectivity index (χ1v) is 9.76. The Morgan fingerprint density at radius 3 is 2.55 bits per heavy atom. The fourth-order valence-corrected chi connectivity index (χ4v) is 4.19. The smallest absolute Gasteiger partial charge is 0.283 e. The number of hydrogen-bond acceptors (Lipinski definition) is 6. The van der Waals surface area contributed by atoms with E-state index in [4.69, 9.17) is 9.47 Å². The molecule has 0 spiro atoms. The van der Waals surface area contributed by atoms with Gasteiger partial charge in [0.05, 0.1) is 25.8 Å². The van der Waals surface area contributed by atoms with Gasteiger partial charge in [-0.05, 0) is 36.2 Å². The van der Waals surface area contributed by atoms with Crippen molar-refractivity contribution in [2.24, 2.45) is 5.10 Å². The number of nitrogens with zero attached hydrogens (tertiary/aromatic N) is 3. The van der Waals surface area contributed by atoms with Crippen LogP contribution < -0.4 is 15.0 Å². The number of thiophene rings is 1. The average molecular weight is 405 g/mol. The summed E-state index contributed by atoms with van der Waals surface area (Å²) in [5, 5.41) is 4.91. The summed E-state index contributed by atoms with van der Waals surface area (Å²) in [5.41, 5.74) is 2.49. The quantitative estimate of drug-likeness (QED) is 0.464. The van der Waals surface area contributed by atoms with Crippen molar-refractivity contribution in [1.82, 2.24) is 9.66 Å². The third-order valence-electron chi connectivity index (χ3n) is 4.57. The fraction of sp³-hybridized carbons (Fsp3) is 0.136. The Morgan fingerprint density at radius 1 is 1.07 bits per heavy atom. The summed E-state index contributed by atoms with van der Waals surface area (Å²) in [6.07, 6.45) is 3.05. The molecule has 7 heteroatoms. The second kappa shape index (κ2) is 7.89. The lowest BCUT2D eigenvalue weighted by Gasteiger charge is -2.07. The molecule has 0 aliphatic carbocycles. The molecule has 0 aliphatic heterocycles. The largest absolute Gasteiger partial charge is 0.493 e. The van der Waals surface area contributed by atoms with Gasteiger partial charge in [0.15, 0.2) is 11.5 Å². The lowest BCUT2D eigenvalue weighted by atomic mass is 10.0. The van der Waals surface area contributed by atoms with Crippen LogP contribution in [-0.4, -0.2) is 30.1 Å². The number of hydrogen-bond donors (Lipinski definition) is 0. The number of benzene rings is 2. The minimum absolute atomic E-state index is 0.199. The van der Waals surface area contributed by atoms with Gasteiger partial charge in [0, 0.05) is 10.4 Å². The minimum Gasteiger partial charge on any atom is -0.493 e. The minimum atomic E-state index is -0.199. The van der Waals surface area contributed by atoms with E-state index in [9.17, 15) is 4.79 Å². The predicted octanol–water partition coefficient (Wildman–Crippen LogP) is 4.33. The molecule has 0 saturated carbocycles. The first-order chi connectivity index (χ1) is 14.1. The molecule has 29 heavy (non-hydrogen) atoms. The van der Waals surface area contributed by atoms with Crippen LogP contribution in [0.1, 0.15) is 10.4 Å². The molecular weight excluding hydrogens is 386 g/mol. The van der Waals surface area contributed by atoms with Crippen molar-refractivity contribution >= 4 is 27.8 Å². The third kappa shape index (κ3) is 3.52. The van der Waals surface area contributed by atoms with Crippen LogP contribution in [0, 0.1) is 6.92 Å². The van der Waals surface area contributed by atoms with Gasteiger partial charge in [0.2, 0.25) is 0 Å². The Labute approximate surface area is 171 Å². The van der Waals surface area contributed by atoms with Crippen LogP contribution in [0.3, 0.4) is 0 Å². The molecular formula is C22H19N3O3S. The van der Waals surface area contributed by atoms with Crippen molar-refractivity contribution in [3.63, 3.8) is 0 Å². The molecule has 2 aromatic heterocycles. The zero-order valence-electron chi connectivity index (χ0n) is 16.2. The van der Waals surface area contributed by atoms with E-state index < -0.39 is 0 Å². The van der Waals surface area contributed by atoms with E-state index in [1.165, 1.54) is 22.3 Å². The molecule has 4 rings (SSSR count). The summed E-state index contributed by atoms with van der Waals surface area (Å²) in [6.45, 7) is 2.01. The number of aryl methyl sites for hydroxylation is 1. The molecule has 0 aliphatic rings. The van der Waals surface area contributed by atoms with Gasteiger partial charge in [-0.15, -0.1) is 11.3 Å². The third-order valence-corrected chi connectivity index (χ3v) is 5.59. The molecule has 2 aromatic carbocycles. The highest BCUT2D eigenvalue weighted by Gasteiger charge is 2.16. The maximum Gasteiger partial charge on any atom is 0.283 e. The highest BCUT2D eigenvalue weighted by Crippen LogP contribution is 2.35. The lowest BCUT2D eigenvalue weighted by Crippen LogP contribution is -2.16. The first kappa shape index (κ1) is 18.9. The number of ether oxygens (including phenoxy) is 2. The van der Waals surface area contributed by atoms with Gasteiger partial charge in [-0.2, -0.15) is 9.78 Å². The summed E-state index contributed by atoms with van der Waals surface area (Å²) in [4.78, 5) is 19.4. The SMILES string of the molecule is COc1ccc(/C=N\n2cnc3sc(C)c(-c4ccccc4)c3c2=O)cc1OC. The van der Waals surface area contributed by atoms with E-state index in [0.29, 0.717) is 21.7 Å². The van der Waals surface area contributed by atoms with Crippen molar-refractivity contribution in [2.75, 3.05) is 14.2 Å². The van der Waals surface area contributed by atoms with E-state index in [-0.39, 0.29) is 5.56 Å². The van der Waals surface area contributed by atoms with Crippen LogP contribution in [0.25, 0.3) is 21.3 Å². The Kier molecular flexibility index (Phi) is 5.14. The summed E-state index contributed by atoms with van der Waals surface area (Å²) < 4.78 is 11.8. The maximum absolute atomic E-state index is 13.2. The van der Waals surface area contributed by atoms with Crippen molar-refractivity contribution in [3.05, 3.63) is 75.7 Å². The number of methoxy groups -OCH3 is 2. The number of aromatic nitrogens is 2. The van der Waals surface area contributed by atoms with Crippen LogP contribution in [0.5, 0.6) is 11.5 Å². The van der Waals surface area contributed by atoms with Gasteiger partial charge in [-0.25, -0.2) is 4.98 Å². The summed E-state index contributed by atoms with van der Waals surface area (Å²) in [5.74, 6) is 1.23. The van der Waals surface area contributed by atoms with E-state index >= 15 is 0 Å². The summed E-state index contributed by atoms with van der Waals surface area (Å²) >= 11 is 1.51. The Morgan fingerprint density at radius 2 is 1.83 bits per heavy atom. The molecule has 146 valence electrons. The van der Waals surface area contributed by atoms with Crippen LogP contribution in [-0.2, 0) is 0 Å². The van der Waals surface area contributed by atoms with E-state index in [2.05, 4.69) is 10.1 Å². The first-order valence-electron chi connectivity index (χ1n) is 8.95. The normalized spacial score (nSPS) is 11.3. The highest BCUT2D eigenvalue weighted by molar-refractivity contribution is 7.19. The highest BCUT2D eigenvalue weighted by atomic mass is 32.1. The molecule has 6 nitrogen and oxygen atoms in total. The zero-order valence-corrected chi connectivity index (χ0v) is 17.1. The standard InChI is InChI=1S/C22H19N3O3S/c1-14-19(16-7-5-4-6-8-16)20-21(29-14)23-13-25(22(20)26)24-12-15-9-10-17(27-2)18(11-15)28-3/h4-13H,1-3H3/b24-12-. The molecule has 0 N–H and O–H groups in total. The predicted molar refractivity (Wildman–Crippen MR) is 117 cm³/mol. The van der Waals surface area contributed by atoms with Crippen LogP contribution in [0.15, 0.2) is 64.8 Å². The van der Waals surface area contributed by atoms with Crippen LogP contribution in [0.4, 0.5) is 0 Å². The Balaban J connectivity index is 1.79. The number of fused-ring (bicyclic) bond motifs is 1. The van der Waals surface area contributed by atoms with E-state index in [0.717, 1.165) is 21.6 Å². The molecule has 0 unspecified atom stereocenters.